The van der Waals surface area contributed by atoms with E-state index < -0.39 is 6.03 Å². The normalized spacial score (nSPS) is 15.0. The highest BCUT2D eigenvalue weighted by Gasteiger charge is 2.23. The minimum Gasteiger partial charge on any atom is -1.00 e. The van der Waals surface area contributed by atoms with Gasteiger partial charge < -0.3 is 17.5 Å². The third-order valence-electron chi connectivity index (χ3n) is 4.22. The summed E-state index contributed by atoms with van der Waals surface area (Å²) in [5, 5.41) is 14.3. The Hall–Kier alpha value is -3.12. The van der Waals surface area contributed by atoms with Crippen molar-refractivity contribution in [3.63, 3.8) is 0 Å². The highest BCUT2D eigenvalue weighted by Crippen LogP contribution is 2.24. The maximum Gasteiger partial charge on any atom is 0.346 e. The summed E-state index contributed by atoms with van der Waals surface area (Å²) in [4.78, 5) is 14.4. The number of allylic oxidation sites excluding steroid dienone is 2. The van der Waals surface area contributed by atoms with Gasteiger partial charge in [0.05, 0.1) is 17.8 Å². The fraction of sp³-hybridized carbons (Fsp3) is 0.150. The van der Waals surface area contributed by atoms with E-state index in [1.807, 2.05) is 78.5 Å². The number of urea groups is 1. The topological polar surface area (TPSA) is 67.9 Å². The largest absolute Gasteiger partial charge is 1.00 e. The lowest BCUT2D eigenvalue weighted by atomic mass is 10.1. The maximum atomic E-state index is 12.8. The van der Waals surface area contributed by atoms with Gasteiger partial charge >= 0.3 is 6.03 Å². The average Bonchev–Trinajstić information content (AvgIpc) is 2.67. The number of anilines is 2. The van der Waals surface area contributed by atoms with E-state index in [4.69, 9.17) is 0 Å². The summed E-state index contributed by atoms with van der Waals surface area (Å²) in [6.45, 7) is 1.79. The highest BCUT2D eigenvalue weighted by atomic mass is 35.5. The van der Waals surface area contributed by atoms with Gasteiger partial charge in [0.1, 0.15) is 12.8 Å². The second-order valence-corrected chi connectivity index (χ2v) is 5.91. The van der Waals surface area contributed by atoms with Gasteiger partial charge in [0.25, 0.3) is 0 Å². The van der Waals surface area contributed by atoms with Crippen molar-refractivity contribution in [2.24, 2.45) is 5.10 Å². The number of aliphatic hydroxyl groups is 1. The van der Waals surface area contributed by atoms with Gasteiger partial charge in [-0.1, -0.05) is 36.4 Å². The minimum absolute atomic E-state index is 0. The molecule has 6 nitrogen and oxygen atoms in total. The second-order valence-electron chi connectivity index (χ2n) is 5.91. The first-order chi connectivity index (χ1) is 12.6. The van der Waals surface area contributed by atoms with Crippen molar-refractivity contribution in [2.75, 3.05) is 11.9 Å². The molecule has 7 heteroatoms. The molecule has 0 spiro atoms. The third-order valence-corrected chi connectivity index (χ3v) is 4.22. The first kappa shape index (κ1) is 20.2. The van der Waals surface area contributed by atoms with Crippen LogP contribution in [0.2, 0.25) is 0 Å². The Morgan fingerprint density at radius 2 is 1.59 bits per heavy atom. The van der Waals surface area contributed by atoms with Gasteiger partial charge in [-0.2, -0.15) is 5.10 Å². The molecule has 2 aromatic carbocycles. The van der Waals surface area contributed by atoms with E-state index >= 15 is 0 Å². The van der Waals surface area contributed by atoms with E-state index in [1.165, 1.54) is 4.90 Å². The van der Waals surface area contributed by atoms with Crippen molar-refractivity contribution < 1.29 is 26.9 Å². The lowest BCUT2D eigenvalue weighted by molar-refractivity contribution is -0.442. The predicted molar refractivity (Wildman–Crippen MR) is 103 cm³/mol. The molecule has 0 aromatic heterocycles. The van der Waals surface area contributed by atoms with Gasteiger partial charge in [0.2, 0.25) is 11.5 Å². The monoisotopic (exact) mass is 384 g/mol. The van der Waals surface area contributed by atoms with Crippen molar-refractivity contribution in [2.45, 2.75) is 13.3 Å². The standard InChI is InChI=1S/C20H20N4O2.ClH/c1-15-19(25)18(13-14-23(15)2)21-22-20(26)24(16-9-5-3-6-10-16)17-11-7-4-8-12-17;/h3-12,14H,13H2,1-2H3,(H-,22,25,26);1H. The van der Waals surface area contributed by atoms with Crippen LogP contribution in [0.1, 0.15) is 13.3 Å². The Morgan fingerprint density at radius 3 is 2.11 bits per heavy atom. The SMILES string of the molecule is CC1=C(O)C(=NNC(=O)N(c2ccccc2)c2ccccc2)CC=[N+]1C.[Cl-]. The molecule has 1 aliphatic heterocycles. The van der Waals surface area contributed by atoms with Crippen LogP contribution in [0.15, 0.2) is 77.2 Å². The third kappa shape index (κ3) is 4.54. The molecule has 0 saturated carbocycles. The number of halogens is 1. The van der Waals surface area contributed by atoms with E-state index in [0.717, 1.165) is 11.4 Å². The molecule has 0 bridgehead atoms. The molecule has 2 amide bonds. The number of aliphatic hydroxyl groups excluding tert-OH is 1. The Kier molecular flexibility index (Phi) is 6.73. The molecule has 2 N–H and O–H groups in total. The number of benzene rings is 2. The molecular formula is C20H21ClN4O2. The van der Waals surface area contributed by atoms with Crippen LogP contribution >= 0.6 is 0 Å². The summed E-state index contributed by atoms with van der Waals surface area (Å²) < 4.78 is 1.83. The highest BCUT2D eigenvalue weighted by molar-refractivity contribution is 6.07. The van der Waals surface area contributed by atoms with Gasteiger partial charge in [-0.3, -0.25) is 4.90 Å². The van der Waals surface area contributed by atoms with Crippen LogP contribution in [0, 0.1) is 0 Å². The van der Waals surface area contributed by atoms with Gasteiger partial charge in [-0.25, -0.2) is 14.8 Å². The smallest absolute Gasteiger partial charge is 0.346 e. The Bertz CT molecular complexity index is 853. The Morgan fingerprint density at radius 1 is 1.07 bits per heavy atom. The predicted octanol–water partition coefficient (Wildman–Crippen LogP) is 0.801. The fourth-order valence-electron chi connectivity index (χ4n) is 2.63. The van der Waals surface area contributed by atoms with E-state index in [9.17, 15) is 9.90 Å². The number of carbonyl (C=O) groups excluding carboxylic acids is 1. The molecule has 2 aromatic rings. The molecule has 27 heavy (non-hydrogen) atoms. The lowest BCUT2D eigenvalue weighted by Gasteiger charge is -2.22. The molecular weight excluding hydrogens is 364 g/mol. The average molecular weight is 385 g/mol. The number of hydrogen-bond donors (Lipinski definition) is 2. The van der Waals surface area contributed by atoms with Gasteiger partial charge in [-0.15, -0.1) is 0 Å². The van der Waals surface area contributed by atoms with Gasteiger partial charge in [0, 0.05) is 6.92 Å². The van der Waals surface area contributed by atoms with Crippen LogP contribution in [0.3, 0.4) is 0 Å². The van der Waals surface area contributed by atoms with Crippen LogP contribution in [0.4, 0.5) is 16.2 Å². The van der Waals surface area contributed by atoms with Crippen molar-refractivity contribution in [3.05, 3.63) is 72.1 Å². The molecule has 0 aliphatic carbocycles. The summed E-state index contributed by atoms with van der Waals surface area (Å²) in [6, 6.07) is 18.3. The van der Waals surface area contributed by atoms with Gasteiger partial charge in [0.15, 0.2) is 6.21 Å². The van der Waals surface area contributed by atoms with Crippen LogP contribution < -0.4 is 22.7 Å². The van der Waals surface area contributed by atoms with E-state index in [2.05, 4.69) is 10.5 Å². The summed E-state index contributed by atoms with van der Waals surface area (Å²) in [5.74, 6) is 0.0845. The second kappa shape index (κ2) is 9.00. The van der Waals surface area contributed by atoms with Crippen LogP contribution in [-0.2, 0) is 0 Å². The molecule has 0 atom stereocenters. The zero-order valence-electron chi connectivity index (χ0n) is 15.1. The zero-order valence-corrected chi connectivity index (χ0v) is 15.9. The molecule has 0 radical (unpaired) electrons. The Labute approximate surface area is 164 Å². The van der Waals surface area contributed by atoms with Crippen LogP contribution in [0.5, 0.6) is 0 Å². The first-order valence-electron chi connectivity index (χ1n) is 8.31. The lowest BCUT2D eigenvalue weighted by Crippen LogP contribution is -3.00. The van der Waals surface area contributed by atoms with E-state index in [-0.39, 0.29) is 18.2 Å². The molecule has 0 saturated heterocycles. The van der Waals surface area contributed by atoms with E-state index in [0.29, 0.717) is 17.8 Å². The van der Waals surface area contributed by atoms with Crippen molar-refractivity contribution >= 4 is 29.3 Å². The molecule has 0 unspecified atom stereocenters. The number of hydrogen-bond acceptors (Lipinski definition) is 3. The number of nitrogens with one attached hydrogen (secondary N) is 1. The molecule has 0 fully saturated rings. The number of hydrazone groups is 1. The maximum absolute atomic E-state index is 12.8. The van der Waals surface area contributed by atoms with Crippen molar-refractivity contribution in [1.29, 1.82) is 0 Å². The molecule has 140 valence electrons. The first-order valence-corrected chi connectivity index (χ1v) is 8.31. The summed E-state index contributed by atoms with van der Waals surface area (Å²) >= 11 is 0. The zero-order chi connectivity index (χ0) is 18.5. The molecule has 1 aliphatic rings. The summed E-state index contributed by atoms with van der Waals surface area (Å²) in [5.41, 5.74) is 5.12. The van der Waals surface area contributed by atoms with Crippen LogP contribution in [0.25, 0.3) is 0 Å². The van der Waals surface area contributed by atoms with Crippen LogP contribution in [-0.4, -0.2) is 34.7 Å². The van der Waals surface area contributed by atoms with Crippen molar-refractivity contribution in [1.82, 2.24) is 5.43 Å². The summed E-state index contributed by atoms with van der Waals surface area (Å²) in [7, 11) is 1.85. The molecule has 3 rings (SSSR count). The quantitative estimate of drug-likeness (QED) is 0.607. The number of carbonyl (C=O) groups is 1. The number of para-hydroxylation sites is 2. The Balaban J connectivity index is 0.00000261. The number of nitrogens with zero attached hydrogens (tertiary/aromatic N) is 3. The fourth-order valence-corrected chi connectivity index (χ4v) is 2.63. The van der Waals surface area contributed by atoms with Gasteiger partial charge in [-0.05, 0) is 24.3 Å². The van der Waals surface area contributed by atoms with Crippen molar-refractivity contribution in [3.8, 4) is 0 Å². The summed E-state index contributed by atoms with van der Waals surface area (Å²) in [6.07, 6.45) is 2.34. The van der Waals surface area contributed by atoms with E-state index in [1.54, 1.807) is 6.92 Å². The minimum atomic E-state index is -0.403. The molecule has 1 heterocycles. The number of rotatable bonds is 3. The number of amides is 2.